The predicted molar refractivity (Wildman–Crippen MR) is 156 cm³/mol. The Balaban J connectivity index is 1.63. The van der Waals surface area contributed by atoms with Gasteiger partial charge >= 0.3 is 5.97 Å². The van der Waals surface area contributed by atoms with Gasteiger partial charge in [-0.15, -0.1) is 5.10 Å². The van der Waals surface area contributed by atoms with E-state index < -0.39 is 17.7 Å². The van der Waals surface area contributed by atoms with Crippen LogP contribution in [0.2, 0.25) is 5.15 Å². The SMILES string of the molecule is Cc1nc2cc(-n3cc(Cc4ccccc4)c(Cl)n3)nn2c(N2CCC(C)(C)CC2)c1C(OC(C)(C)C)C(=O)O. The molecule has 1 aromatic carbocycles. The average molecular weight is 565 g/mol. The van der Waals surface area contributed by atoms with Crippen LogP contribution in [0, 0.1) is 12.3 Å². The molecule has 4 aromatic rings. The van der Waals surface area contributed by atoms with Crippen LogP contribution >= 0.6 is 11.6 Å². The second-order valence-electron chi connectivity index (χ2n) is 12.4. The fourth-order valence-corrected chi connectivity index (χ4v) is 5.37. The number of rotatable bonds is 7. The number of aliphatic carboxylic acids is 1. The molecule has 5 rings (SSSR count). The van der Waals surface area contributed by atoms with Crippen molar-refractivity contribution in [3.63, 3.8) is 0 Å². The van der Waals surface area contributed by atoms with E-state index in [0.717, 1.165) is 37.1 Å². The van der Waals surface area contributed by atoms with E-state index in [-0.39, 0.29) is 5.41 Å². The van der Waals surface area contributed by atoms with E-state index in [0.29, 0.717) is 40.1 Å². The van der Waals surface area contributed by atoms with Gasteiger partial charge in [0.05, 0.1) is 11.2 Å². The molecule has 1 atom stereocenters. The fraction of sp³-hybridized carbons (Fsp3) is 0.467. The largest absolute Gasteiger partial charge is 0.479 e. The van der Waals surface area contributed by atoms with Gasteiger partial charge in [0.25, 0.3) is 0 Å². The normalized spacial score (nSPS) is 16.4. The van der Waals surface area contributed by atoms with Crippen LogP contribution in [0.4, 0.5) is 5.82 Å². The van der Waals surface area contributed by atoms with Gasteiger partial charge in [0.2, 0.25) is 0 Å². The van der Waals surface area contributed by atoms with E-state index in [4.69, 9.17) is 26.4 Å². The van der Waals surface area contributed by atoms with Gasteiger partial charge in [-0.1, -0.05) is 55.8 Å². The van der Waals surface area contributed by atoms with Gasteiger partial charge in [-0.2, -0.15) is 9.61 Å². The molecule has 0 amide bonds. The van der Waals surface area contributed by atoms with Gasteiger partial charge in [-0.05, 0) is 51.5 Å². The highest BCUT2D eigenvalue weighted by atomic mass is 35.5. The molecule has 1 aliphatic rings. The van der Waals surface area contributed by atoms with Crippen LogP contribution < -0.4 is 4.90 Å². The number of anilines is 1. The zero-order valence-corrected chi connectivity index (χ0v) is 24.7. The lowest BCUT2D eigenvalue weighted by molar-refractivity contribution is -0.160. The lowest BCUT2D eigenvalue weighted by atomic mass is 9.82. The Kier molecular flexibility index (Phi) is 7.39. The van der Waals surface area contributed by atoms with Crippen molar-refractivity contribution in [1.29, 1.82) is 0 Å². The van der Waals surface area contributed by atoms with Crippen LogP contribution in [0.3, 0.4) is 0 Å². The number of carbonyl (C=O) groups is 1. The van der Waals surface area contributed by atoms with Crippen LogP contribution in [0.15, 0.2) is 42.6 Å². The quantitative estimate of drug-likeness (QED) is 0.292. The average Bonchev–Trinajstić information content (AvgIpc) is 3.45. The minimum Gasteiger partial charge on any atom is -0.479 e. The van der Waals surface area contributed by atoms with E-state index in [1.165, 1.54) is 0 Å². The van der Waals surface area contributed by atoms with Crippen LogP contribution in [0.5, 0.6) is 0 Å². The number of piperidine rings is 1. The van der Waals surface area contributed by atoms with Crippen LogP contribution in [0.1, 0.15) is 75.9 Å². The molecule has 40 heavy (non-hydrogen) atoms. The highest BCUT2D eigenvalue weighted by molar-refractivity contribution is 6.30. The number of benzene rings is 1. The first kappa shape index (κ1) is 28.1. The predicted octanol–water partition coefficient (Wildman–Crippen LogP) is 6.03. The summed E-state index contributed by atoms with van der Waals surface area (Å²) in [6.45, 7) is 13.5. The molecule has 212 valence electrons. The van der Waals surface area contributed by atoms with Crippen molar-refractivity contribution in [3.8, 4) is 5.82 Å². The Morgan fingerprint density at radius 3 is 2.45 bits per heavy atom. The van der Waals surface area contributed by atoms with Crippen molar-refractivity contribution >= 4 is 29.0 Å². The molecule has 1 unspecified atom stereocenters. The minimum atomic E-state index is -1.20. The summed E-state index contributed by atoms with van der Waals surface area (Å²) in [4.78, 5) is 19.6. The molecule has 0 saturated carbocycles. The number of carboxylic acids is 1. The highest BCUT2D eigenvalue weighted by Gasteiger charge is 2.36. The summed E-state index contributed by atoms with van der Waals surface area (Å²) in [5.74, 6) is 0.186. The van der Waals surface area contributed by atoms with Crippen molar-refractivity contribution in [3.05, 3.63) is 70.1 Å². The second-order valence-corrected chi connectivity index (χ2v) is 12.7. The molecule has 1 fully saturated rings. The van der Waals surface area contributed by atoms with Gasteiger partial charge in [0, 0.05) is 43.0 Å². The number of hydrogen-bond acceptors (Lipinski definition) is 6. The summed E-state index contributed by atoms with van der Waals surface area (Å²) < 4.78 is 9.51. The lowest BCUT2D eigenvalue weighted by Crippen LogP contribution is -2.40. The summed E-state index contributed by atoms with van der Waals surface area (Å²) in [5.41, 5.74) is 3.27. The molecule has 0 radical (unpaired) electrons. The Bertz CT molecular complexity index is 1530. The molecule has 1 N–H and O–H groups in total. The molecule has 1 aliphatic heterocycles. The number of nitrogens with zero attached hydrogens (tertiary/aromatic N) is 6. The van der Waals surface area contributed by atoms with Gasteiger partial charge in [0.15, 0.2) is 22.7 Å². The molecule has 9 nitrogen and oxygen atoms in total. The van der Waals surface area contributed by atoms with E-state index in [9.17, 15) is 9.90 Å². The van der Waals surface area contributed by atoms with Gasteiger partial charge in [-0.25, -0.2) is 14.5 Å². The third-order valence-electron chi connectivity index (χ3n) is 7.38. The maximum Gasteiger partial charge on any atom is 0.337 e. The van der Waals surface area contributed by atoms with Crippen molar-refractivity contribution in [2.45, 2.75) is 72.5 Å². The third-order valence-corrected chi connectivity index (χ3v) is 7.69. The van der Waals surface area contributed by atoms with E-state index in [1.807, 2.05) is 58.2 Å². The third kappa shape index (κ3) is 5.86. The summed E-state index contributed by atoms with van der Waals surface area (Å²) >= 11 is 6.54. The minimum absolute atomic E-state index is 0.211. The standard InChI is InChI=1S/C30H37ClN6O3/c1-19-24(25(28(38)39)40-29(2,3)4)27(35-14-12-30(5,6)13-15-35)37-22(32-19)17-23(33-37)36-18-21(26(31)34-36)16-20-10-8-7-9-11-20/h7-11,17-18,25H,12-16H2,1-6H3,(H,38,39). The number of carboxylic acid groups (broad SMARTS) is 1. The molecular weight excluding hydrogens is 528 g/mol. The molecule has 10 heteroatoms. The maximum atomic E-state index is 12.6. The molecule has 0 spiro atoms. The zero-order valence-electron chi connectivity index (χ0n) is 24.0. The van der Waals surface area contributed by atoms with Crippen LogP contribution in [0.25, 0.3) is 11.5 Å². The smallest absolute Gasteiger partial charge is 0.337 e. The molecule has 1 saturated heterocycles. The number of aryl methyl sites for hydroxylation is 1. The van der Waals surface area contributed by atoms with Gasteiger partial charge < -0.3 is 14.7 Å². The Labute approximate surface area is 239 Å². The molecule has 3 aromatic heterocycles. The Morgan fingerprint density at radius 1 is 1.15 bits per heavy atom. The lowest BCUT2D eigenvalue weighted by Gasteiger charge is -2.39. The Morgan fingerprint density at radius 2 is 1.82 bits per heavy atom. The zero-order chi connectivity index (χ0) is 28.8. The first-order valence-electron chi connectivity index (χ1n) is 13.7. The van der Waals surface area contributed by atoms with E-state index >= 15 is 0 Å². The van der Waals surface area contributed by atoms with E-state index in [2.05, 4.69) is 36.0 Å². The number of fused-ring (bicyclic) bond motifs is 1. The van der Waals surface area contributed by atoms with Crippen molar-refractivity contribution in [1.82, 2.24) is 24.4 Å². The fourth-order valence-electron chi connectivity index (χ4n) is 5.18. The summed E-state index contributed by atoms with van der Waals surface area (Å²) in [7, 11) is 0. The molecular formula is C30H37ClN6O3. The summed E-state index contributed by atoms with van der Waals surface area (Å²) in [5, 5.41) is 20.1. The van der Waals surface area contributed by atoms with Crippen molar-refractivity contribution in [2.75, 3.05) is 18.0 Å². The van der Waals surface area contributed by atoms with Crippen LogP contribution in [-0.2, 0) is 16.0 Å². The molecule has 0 aliphatic carbocycles. The highest BCUT2D eigenvalue weighted by Crippen LogP contribution is 2.39. The van der Waals surface area contributed by atoms with Crippen molar-refractivity contribution < 1.29 is 14.6 Å². The number of hydrogen-bond donors (Lipinski definition) is 1. The maximum absolute atomic E-state index is 12.6. The van der Waals surface area contributed by atoms with E-state index in [1.54, 1.807) is 9.20 Å². The monoisotopic (exact) mass is 564 g/mol. The summed E-state index contributed by atoms with van der Waals surface area (Å²) in [6.07, 6.45) is 3.27. The second kappa shape index (κ2) is 10.5. The number of ether oxygens (including phenoxy) is 1. The number of aromatic nitrogens is 5. The van der Waals surface area contributed by atoms with Crippen molar-refractivity contribution in [2.24, 2.45) is 5.41 Å². The van der Waals surface area contributed by atoms with Gasteiger partial charge in [0.1, 0.15) is 5.82 Å². The van der Waals surface area contributed by atoms with Gasteiger partial charge in [-0.3, -0.25) is 0 Å². The first-order valence-corrected chi connectivity index (χ1v) is 14.0. The molecule has 4 heterocycles. The topological polar surface area (TPSA) is 97.8 Å². The number of halogens is 1. The molecule has 0 bridgehead atoms. The first-order chi connectivity index (χ1) is 18.8. The Hall–Kier alpha value is -3.43. The van der Waals surface area contributed by atoms with Crippen LogP contribution in [-0.4, -0.2) is 54.1 Å². The summed E-state index contributed by atoms with van der Waals surface area (Å²) in [6, 6.07) is 11.9.